The molecule has 4 aromatic rings. The van der Waals surface area contributed by atoms with Crippen molar-refractivity contribution >= 4 is 44.9 Å². The zero-order chi connectivity index (χ0) is 29.9. The van der Waals surface area contributed by atoms with E-state index in [4.69, 9.17) is 28.3 Å². The molecular weight excluding hydrogens is 552 g/mol. The molecule has 2 aliphatic rings. The first-order valence-corrected chi connectivity index (χ1v) is 12.8. The third-order valence-corrected chi connectivity index (χ3v) is 6.08. The zero-order valence-electron chi connectivity index (χ0n) is 20.5. The molecule has 0 amide bonds. The fourth-order valence-electron chi connectivity index (χ4n) is 4.42. The largest absolute Gasteiger partial charge is 0.759 e. The number of carbonyl (C=O) groups is 4. The van der Waals surface area contributed by atoms with E-state index >= 15 is 0 Å². The quantitative estimate of drug-likeness (QED) is 0.142. The average molecular weight is 567 g/mol. The molecule has 2 aliphatic carbocycles. The molecule has 12 nitrogen and oxygen atoms in total. The van der Waals surface area contributed by atoms with E-state index in [0.717, 1.165) is 0 Å². The van der Waals surface area contributed by atoms with Gasteiger partial charge in [-0.1, -0.05) is 60.7 Å². The predicted octanol–water partition coefficient (Wildman–Crippen LogP) is 4.56. The molecular formula is C28H14N4O8S. The van der Waals surface area contributed by atoms with Crippen molar-refractivity contribution in [1.29, 1.82) is 10.8 Å². The highest BCUT2D eigenvalue weighted by Gasteiger charge is 2.36. The average Bonchev–Trinajstić information content (AvgIpc) is 2.97. The summed E-state index contributed by atoms with van der Waals surface area (Å²) in [7, 11) is -5.17. The number of hydrogen-bond acceptors (Lipinski definition) is 10. The van der Waals surface area contributed by atoms with Crippen LogP contribution in [-0.4, -0.2) is 40.7 Å². The van der Waals surface area contributed by atoms with Crippen molar-refractivity contribution in [2.24, 2.45) is 0 Å². The Morgan fingerprint density at radius 1 is 0.463 bits per heavy atom. The normalized spacial score (nSPS) is 12.5. The Hall–Kier alpha value is -5.73. The number of hydrogen-bond donors (Lipinski definition) is 0. The summed E-state index contributed by atoms with van der Waals surface area (Å²) in [5.41, 5.74) is 2.66. The van der Waals surface area contributed by atoms with E-state index in [2.05, 4.69) is 9.95 Å². The zero-order valence-corrected chi connectivity index (χ0v) is 21.4. The Balaban J connectivity index is 0.000000163. The smallest absolute Gasteiger partial charge is 0.396 e. The van der Waals surface area contributed by atoms with Gasteiger partial charge in [0.1, 0.15) is 11.1 Å². The van der Waals surface area contributed by atoms with Crippen LogP contribution < -0.4 is 0 Å². The van der Waals surface area contributed by atoms with Crippen molar-refractivity contribution < 1.29 is 36.7 Å². The molecule has 0 saturated heterocycles. The van der Waals surface area contributed by atoms with Gasteiger partial charge < -0.3 is 9.11 Å². The summed E-state index contributed by atoms with van der Waals surface area (Å²) in [6, 6.07) is 22.6. The van der Waals surface area contributed by atoms with Gasteiger partial charge in [-0.2, -0.15) is 0 Å². The molecule has 0 aliphatic heterocycles. The van der Waals surface area contributed by atoms with Gasteiger partial charge in [-0.15, -0.1) is 0 Å². The van der Waals surface area contributed by atoms with Crippen LogP contribution in [0.25, 0.3) is 9.95 Å². The standard InChI is InChI=1S/2C14H7N2O2.H2O4S/c2*15-16-11-7-3-6-10-12(11)14(18)9-5-2-1-4-8(9)13(10)17;1-5(2,3)4/h2*1-7H;(H2,1,2,3,4)/q2*+1;/p-2. The number of ketones is 4. The second-order valence-corrected chi connectivity index (χ2v) is 9.23. The van der Waals surface area contributed by atoms with Crippen LogP contribution in [-0.2, 0) is 10.4 Å². The van der Waals surface area contributed by atoms with Crippen LogP contribution in [0.1, 0.15) is 63.7 Å². The molecule has 0 fully saturated rings. The van der Waals surface area contributed by atoms with Gasteiger partial charge >= 0.3 is 11.4 Å². The Morgan fingerprint density at radius 2 is 0.732 bits per heavy atom. The van der Waals surface area contributed by atoms with Crippen LogP contribution in [0.2, 0.25) is 0 Å². The van der Waals surface area contributed by atoms with Crippen LogP contribution in [0.4, 0.5) is 11.4 Å². The molecule has 0 bridgehead atoms. The maximum atomic E-state index is 12.3. The third kappa shape index (κ3) is 5.54. The van der Waals surface area contributed by atoms with E-state index < -0.39 is 10.4 Å². The second kappa shape index (κ2) is 11.2. The lowest BCUT2D eigenvalue weighted by atomic mass is 9.83. The van der Waals surface area contributed by atoms with Crippen LogP contribution in [0, 0.1) is 10.8 Å². The topological polar surface area (TPSA) is 205 Å². The van der Waals surface area contributed by atoms with Gasteiger partial charge in [-0.05, 0) is 12.1 Å². The summed E-state index contributed by atoms with van der Waals surface area (Å²) in [5, 5.41) is 17.8. The fraction of sp³-hybridized carbons (Fsp3) is 0. The lowest BCUT2D eigenvalue weighted by molar-refractivity contribution is 0.0980. The fourth-order valence-corrected chi connectivity index (χ4v) is 4.42. The van der Waals surface area contributed by atoms with Crippen LogP contribution in [0.5, 0.6) is 0 Å². The van der Waals surface area contributed by atoms with Crippen LogP contribution >= 0.6 is 0 Å². The van der Waals surface area contributed by atoms with Gasteiger partial charge in [0, 0.05) is 55.9 Å². The molecule has 200 valence electrons. The summed E-state index contributed by atoms with van der Waals surface area (Å²) in [5.74, 6) is -1.00. The monoisotopic (exact) mass is 566 g/mol. The first-order valence-electron chi connectivity index (χ1n) is 11.5. The van der Waals surface area contributed by atoms with E-state index in [0.29, 0.717) is 22.3 Å². The Labute approximate surface area is 231 Å². The summed E-state index contributed by atoms with van der Waals surface area (Å²) in [6.07, 6.45) is 0. The number of diazo groups is 2. The molecule has 0 atom stereocenters. The minimum absolute atomic E-state index is 0.125. The number of nitrogens with zero attached hydrogens (tertiary/aromatic N) is 4. The summed E-state index contributed by atoms with van der Waals surface area (Å²) in [6.45, 7) is 0. The van der Waals surface area contributed by atoms with E-state index in [1.165, 1.54) is 12.1 Å². The number of fused-ring (bicyclic) bond motifs is 4. The van der Waals surface area contributed by atoms with Crippen molar-refractivity contribution in [2.75, 3.05) is 0 Å². The molecule has 0 heterocycles. The Morgan fingerprint density at radius 3 is 1.02 bits per heavy atom. The number of carbonyl (C=O) groups excluding carboxylic acids is 4. The molecule has 0 radical (unpaired) electrons. The van der Waals surface area contributed by atoms with E-state index in [9.17, 15) is 19.2 Å². The molecule has 0 N–H and O–H groups in total. The third-order valence-electron chi connectivity index (χ3n) is 6.08. The van der Waals surface area contributed by atoms with Gasteiger partial charge in [0.25, 0.3) is 0 Å². The predicted molar refractivity (Wildman–Crippen MR) is 139 cm³/mol. The highest BCUT2D eigenvalue weighted by atomic mass is 32.3. The summed E-state index contributed by atoms with van der Waals surface area (Å²) >= 11 is 0. The maximum Gasteiger partial charge on any atom is 0.396 e. The number of benzene rings is 4. The summed E-state index contributed by atoms with van der Waals surface area (Å²) in [4.78, 5) is 55.2. The minimum atomic E-state index is -5.17. The molecule has 4 aromatic carbocycles. The van der Waals surface area contributed by atoms with Crippen molar-refractivity contribution in [2.45, 2.75) is 0 Å². The molecule has 6 rings (SSSR count). The lowest BCUT2D eigenvalue weighted by Gasteiger charge is -2.14. The van der Waals surface area contributed by atoms with E-state index in [-0.39, 0.29) is 56.8 Å². The van der Waals surface area contributed by atoms with Crippen molar-refractivity contribution in [1.82, 2.24) is 0 Å². The van der Waals surface area contributed by atoms with Gasteiger partial charge in [-0.25, -0.2) is 0 Å². The maximum absolute atomic E-state index is 12.3. The van der Waals surface area contributed by atoms with Crippen LogP contribution in [0.15, 0.2) is 84.9 Å². The minimum Gasteiger partial charge on any atom is -0.759 e. The second-order valence-electron chi connectivity index (χ2n) is 8.42. The highest BCUT2D eigenvalue weighted by Crippen LogP contribution is 2.34. The van der Waals surface area contributed by atoms with Gasteiger partial charge in [0.05, 0.1) is 0 Å². The molecule has 0 spiro atoms. The van der Waals surface area contributed by atoms with E-state index in [1.807, 2.05) is 0 Å². The van der Waals surface area contributed by atoms with Gasteiger partial charge in [-0.3, -0.25) is 27.6 Å². The highest BCUT2D eigenvalue weighted by molar-refractivity contribution is 7.79. The van der Waals surface area contributed by atoms with Crippen LogP contribution in [0.3, 0.4) is 0 Å². The summed E-state index contributed by atoms with van der Waals surface area (Å²) < 4.78 is 34.1. The number of rotatable bonds is 0. The van der Waals surface area contributed by atoms with Gasteiger partial charge in [0.15, 0.2) is 21.5 Å². The first kappa shape index (κ1) is 28.3. The molecule has 0 aromatic heterocycles. The van der Waals surface area contributed by atoms with Crippen molar-refractivity contribution in [3.63, 3.8) is 0 Å². The van der Waals surface area contributed by atoms with Crippen molar-refractivity contribution in [3.8, 4) is 0 Å². The van der Waals surface area contributed by atoms with Crippen molar-refractivity contribution in [3.05, 3.63) is 139 Å². The SMILES string of the molecule is N#[N+]c1cccc2c1C(=O)c1ccccc1C2=O.N#[N+]c1cccc2c1C(=O)c1ccccc1C2=O.O=S(=O)([O-])[O-]. The molecule has 0 unspecified atom stereocenters. The molecule has 13 heteroatoms. The van der Waals surface area contributed by atoms with Gasteiger partial charge in [0.2, 0.25) is 22.4 Å². The Bertz CT molecular complexity index is 1850. The molecule has 0 saturated carbocycles. The lowest BCUT2D eigenvalue weighted by Crippen LogP contribution is -2.20. The first-order chi connectivity index (χ1) is 19.5. The molecule has 41 heavy (non-hydrogen) atoms. The van der Waals surface area contributed by atoms with E-state index in [1.54, 1.807) is 72.8 Å². The Kier molecular flexibility index (Phi) is 7.71.